The molecule has 0 saturated carbocycles. The number of carbonyl (C=O) groups excluding carboxylic acids is 1. The Kier molecular flexibility index (Phi) is 1.92. The highest BCUT2D eigenvalue weighted by Gasteiger charge is 2.34. The molecule has 1 rings (SSSR count). The summed E-state index contributed by atoms with van der Waals surface area (Å²) in [5, 5.41) is 0. The van der Waals surface area contributed by atoms with E-state index in [-0.39, 0.29) is 0 Å². The minimum atomic E-state index is -1.18. The molecule has 0 aromatic heterocycles. The molecule has 58 valence electrons. The Bertz CT molecular complexity index is 141. The number of hydrogen-bond acceptors (Lipinski definition) is 3. The first kappa shape index (κ1) is 7.50. The van der Waals surface area contributed by atoms with Crippen molar-refractivity contribution in [2.75, 3.05) is 6.61 Å². The second-order valence-corrected chi connectivity index (χ2v) is 2.56. The molecule has 1 fully saturated rings. The van der Waals surface area contributed by atoms with Crippen molar-refractivity contribution in [2.45, 2.75) is 25.0 Å². The Morgan fingerprint density at radius 3 is 2.50 bits per heavy atom. The fraction of sp³-hybridized carbons (Fsp3) is 0.833. The number of carbonyl (C=O) groups is 1. The van der Waals surface area contributed by atoms with Crippen LogP contribution in [0.2, 0.25) is 0 Å². The molecule has 4 heteroatoms. The summed E-state index contributed by atoms with van der Waals surface area (Å²) in [6.45, 7) is 0.541. The maximum Gasteiger partial charge on any atom is 0.264 e. The summed E-state index contributed by atoms with van der Waals surface area (Å²) in [5.74, 6) is -0.563. The average Bonchev–Trinajstić information content (AvgIpc) is 1.89. The second kappa shape index (κ2) is 2.56. The number of rotatable bonds is 1. The molecule has 1 aliphatic heterocycles. The van der Waals surface area contributed by atoms with Gasteiger partial charge in [0.2, 0.25) is 0 Å². The number of hydrogen-bond donors (Lipinski definition) is 2. The van der Waals surface area contributed by atoms with Crippen LogP contribution < -0.4 is 11.5 Å². The van der Waals surface area contributed by atoms with E-state index in [1.165, 1.54) is 0 Å². The van der Waals surface area contributed by atoms with Crippen molar-refractivity contribution in [3.63, 3.8) is 0 Å². The summed E-state index contributed by atoms with van der Waals surface area (Å²) < 4.78 is 5.03. The molecule has 1 heterocycles. The quantitative estimate of drug-likeness (QED) is 0.512. The van der Waals surface area contributed by atoms with Gasteiger partial charge in [-0.2, -0.15) is 0 Å². The highest BCUT2D eigenvalue weighted by Crippen LogP contribution is 2.18. The molecule has 0 aliphatic carbocycles. The maximum absolute atomic E-state index is 10.6. The third kappa shape index (κ3) is 1.27. The van der Waals surface area contributed by atoms with Crippen LogP contribution >= 0.6 is 0 Å². The number of amides is 1. The van der Waals surface area contributed by atoms with E-state index in [9.17, 15) is 4.79 Å². The minimum absolute atomic E-state index is 0.541. The van der Waals surface area contributed by atoms with Gasteiger partial charge >= 0.3 is 0 Å². The van der Waals surface area contributed by atoms with E-state index >= 15 is 0 Å². The second-order valence-electron chi connectivity index (χ2n) is 2.56. The molecule has 4 N–H and O–H groups in total. The van der Waals surface area contributed by atoms with E-state index in [1.54, 1.807) is 0 Å². The summed E-state index contributed by atoms with van der Waals surface area (Å²) in [5.41, 5.74) is 9.34. The highest BCUT2D eigenvalue weighted by molar-refractivity contribution is 5.82. The molecule has 10 heavy (non-hydrogen) atoms. The Labute approximate surface area is 59.5 Å². The van der Waals surface area contributed by atoms with Crippen LogP contribution in [0.3, 0.4) is 0 Å². The molecule has 1 unspecified atom stereocenters. The van der Waals surface area contributed by atoms with Gasteiger partial charge in [-0.3, -0.25) is 10.5 Å². The van der Waals surface area contributed by atoms with E-state index in [0.29, 0.717) is 13.0 Å². The van der Waals surface area contributed by atoms with Crippen LogP contribution in [0.15, 0.2) is 0 Å². The van der Waals surface area contributed by atoms with Crippen LogP contribution in [-0.4, -0.2) is 18.2 Å². The summed E-state index contributed by atoms with van der Waals surface area (Å²) in [7, 11) is 0. The highest BCUT2D eigenvalue weighted by atomic mass is 16.5. The predicted octanol–water partition coefficient (Wildman–Crippen LogP) is -0.673. The number of primary amides is 1. The third-order valence-corrected chi connectivity index (χ3v) is 1.72. The summed E-state index contributed by atoms with van der Waals surface area (Å²) >= 11 is 0. The van der Waals surface area contributed by atoms with Crippen LogP contribution in [0.25, 0.3) is 0 Å². The number of nitrogens with two attached hydrogens (primary N) is 2. The largest absolute Gasteiger partial charge is 0.366 e. The van der Waals surface area contributed by atoms with Gasteiger partial charge in [-0.05, 0) is 19.3 Å². The lowest BCUT2D eigenvalue weighted by molar-refractivity contribution is -0.149. The van der Waals surface area contributed by atoms with Gasteiger partial charge in [0.1, 0.15) is 0 Å². The third-order valence-electron chi connectivity index (χ3n) is 1.72. The maximum atomic E-state index is 10.6. The SMILES string of the molecule is NC(=O)C1(N)CCCCO1. The molecule has 0 radical (unpaired) electrons. The topological polar surface area (TPSA) is 78.3 Å². The summed E-state index contributed by atoms with van der Waals surface area (Å²) in [6.07, 6.45) is 2.42. The summed E-state index contributed by atoms with van der Waals surface area (Å²) in [4.78, 5) is 10.6. The van der Waals surface area contributed by atoms with Crippen molar-refractivity contribution in [3.8, 4) is 0 Å². The zero-order chi connectivity index (χ0) is 7.61. The van der Waals surface area contributed by atoms with Crippen LogP contribution in [0.4, 0.5) is 0 Å². The Morgan fingerprint density at radius 2 is 2.20 bits per heavy atom. The van der Waals surface area contributed by atoms with Gasteiger partial charge in [0.05, 0.1) is 0 Å². The van der Waals surface area contributed by atoms with Gasteiger partial charge in [0.25, 0.3) is 5.91 Å². The first-order valence-corrected chi connectivity index (χ1v) is 3.38. The fourth-order valence-electron chi connectivity index (χ4n) is 1.01. The summed E-state index contributed by atoms with van der Waals surface area (Å²) in [6, 6.07) is 0. The first-order valence-electron chi connectivity index (χ1n) is 3.38. The molecule has 0 bridgehead atoms. The molecule has 1 aliphatic rings. The lowest BCUT2D eigenvalue weighted by Crippen LogP contribution is -2.55. The molecule has 0 spiro atoms. The van der Waals surface area contributed by atoms with Crippen LogP contribution in [0.5, 0.6) is 0 Å². The van der Waals surface area contributed by atoms with Gasteiger partial charge in [0.15, 0.2) is 5.72 Å². The molecule has 4 nitrogen and oxygen atoms in total. The van der Waals surface area contributed by atoms with Gasteiger partial charge in [0, 0.05) is 6.61 Å². The molecule has 1 saturated heterocycles. The van der Waals surface area contributed by atoms with Crippen LogP contribution in [-0.2, 0) is 9.53 Å². The lowest BCUT2D eigenvalue weighted by Gasteiger charge is -2.29. The Morgan fingerprint density at radius 1 is 1.50 bits per heavy atom. The van der Waals surface area contributed by atoms with Crippen LogP contribution in [0.1, 0.15) is 19.3 Å². The molecule has 0 aromatic carbocycles. The monoisotopic (exact) mass is 144 g/mol. The minimum Gasteiger partial charge on any atom is -0.366 e. The molecular weight excluding hydrogens is 132 g/mol. The van der Waals surface area contributed by atoms with Crippen molar-refractivity contribution in [1.29, 1.82) is 0 Å². The Balaban J connectivity index is 2.56. The van der Waals surface area contributed by atoms with E-state index < -0.39 is 11.6 Å². The fourth-order valence-corrected chi connectivity index (χ4v) is 1.01. The Hall–Kier alpha value is -0.610. The predicted molar refractivity (Wildman–Crippen MR) is 35.9 cm³/mol. The molecular formula is C6H12N2O2. The standard InChI is InChI=1S/C6H12N2O2/c7-5(9)6(8)3-1-2-4-10-6/h1-4,8H2,(H2,7,9). The normalized spacial score (nSPS) is 33.7. The van der Waals surface area contributed by atoms with Crippen molar-refractivity contribution >= 4 is 5.91 Å². The average molecular weight is 144 g/mol. The molecule has 1 atom stereocenters. The van der Waals surface area contributed by atoms with Gasteiger partial charge in [-0.1, -0.05) is 0 Å². The van der Waals surface area contributed by atoms with E-state index in [0.717, 1.165) is 12.8 Å². The van der Waals surface area contributed by atoms with Crippen molar-refractivity contribution in [3.05, 3.63) is 0 Å². The first-order chi connectivity index (χ1) is 4.65. The van der Waals surface area contributed by atoms with Crippen molar-refractivity contribution in [1.82, 2.24) is 0 Å². The molecule has 1 amide bonds. The smallest absolute Gasteiger partial charge is 0.264 e. The zero-order valence-corrected chi connectivity index (χ0v) is 5.80. The van der Waals surface area contributed by atoms with E-state index in [2.05, 4.69) is 0 Å². The van der Waals surface area contributed by atoms with Gasteiger partial charge < -0.3 is 10.5 Å². The van der Waals surface area contributed by atoms with Crippen molar-refractivity contribution < 1.29 is 9.53 Å². The van der Waals surface area contributed by atoms with Crippen molar-refractivity contribution in [2.24, 2.45) is 11.5 Å². The van der Waals surface area contributed by atoms with Crippen LogP contribution in [0, 0.1) is 0 Å². The van der Waals surface area contributed by atoms with E-state index in [1.807, 2.05) is 0 Å². The zero-order valence-electron chi connectivity index (χ0n) is 5.80. The van der Waals surface area contributed by atoms with E-state index in [4.69, 9.17) is 16.2 Å². The number of ether oxygens (including phenoxy) is 1. The van der Waals surface area contributed by atoms with Gasteiger partial charge in [-0.15, -0.1) is 0 Å². The van der Waals surface area contributed by atoms with Gasteiger partial charge in [-0.25, -0.2) is 0 Å². The molecule has 0 aromatic rings. The lowest BCUT2D eigenvalue weighted by atomic mass is 10.0.